The van der Waals surface area contributed by atoms with Gasteiger partial charge < -0.3 is 14.6 Å². The van der Waals surface area contributed by atoms with E-state index in [4.69, 9.17) is 9.52 Å². The van der Waals surface area contributed by atoms with Crippen LogP contribution in [0.15, 0.2) is 65.1 Å². The van der Waals surface area contributed by atoms with Crippen molar-refractivity contribution in [3.05, 3.63) is 66.6 Å². The van der Waals surface area contributed by atoms with E-state index in [0.717, 1.165) is 5.57 Å². The summed E-state index contributed by atoms with van der Waals surface area (Å²) >= 11 is 0. The molecule has 3 atom stereocenters. The number of oxazole rings is 1. The molecule has 1 saturated carbocycles. The van der Waals surface area contributed by atoms with Gasteiger partial charge in [-0.1, -0.05) is 48.6 Å². The topological polar surface area (TPSA) is 101 Å². The number of unbranched alkanes of at least 4 members (excludes halogenated alkanes) is 1. The first kappa shape index (κ1) is 20.7. The van der Waals surface area contributed by atoms with Gasteiger partial charge in [0.15, 0.2) is 5.58 Å². The molecular formula is C23H25NO5. The zero-order chi connectivity index (χ0) is 20.8. The molecule has 0 spiro atoms. The molecule has 0 bridgehead atoms. The van der Waals surface area contributed by atoms with Crippen molar-refractivity contribution in [1.82, 2.24) is 4.98 Å². The van der Waals surface area contributed by atoms with E-state index in [1.54, 1.807) is 12.1 Å². The van der Waals surface area contributed by atoms with Gasteiger partial charge in [0.1, 0.15) is 17.4 Å². The first-order chi connectivity index (χ1) is 14.0. The molecule has 0 amide bonds. The second-order valence-electron chi connectivity index (χ2n) is 7.28. The molecule has 29 heavy (non-hydrogen) atoms. The second kappa shape index (κ2) is 9.47. The molecular weight excluding hydrogens is 370 g/mol. The van der Waals surface area contributed by atoms with E-state index in [1.807, 2.05) is 36.4 Å². The predicted octanol–water partition coefficient (Wildman–Crippen LogP) is 4.38. The summed E-state index contributed by atoms with van der Waals surface area (Å²) in [7, 11) is 0. The lowest BCUT2D eigenvalue weighted by Gasteiger charge is -2.14. The number of allylic oxidation sites excluding steroid dienone is 4. The summed E-state index contributed by atoms with van der Waals surface area (Å²) in [6, 6.07) is 7.30. The van der Waals surface area contributed by atoms with Crippen molar-refractivity contribution >= 4 is 22.9 Å². The molecule has 2 aromatic rings. The van der Waals surface area contributed by atoms with Gasteiger partial charge >= 0.3 is 5.97 Å². The average molecular weight is 395 g/mol. The predicted molar refractivity (Wildman–Crippen MR) is 109 cm³/mol. The zero-order valence-electron chi connectivity index (χ0n) is 16.2. The third-order valence-corrected chi connectivity index (χ3v) is 5.10. The van der Waals surface area contributed by atoms with Gasteiger partial charge in [-0.3, -0.25) is 9.59 Å². The van der Waals surface area contributed by atoms with E-state index in [-0.39, 0.29) is 29.9 Å². The molecule has 2 N–H and O–H groups in total. The summed E-state index contributed by atoms with van der Waals surface area (Å²) in [5, 5.41) is 19.1. The first-order valence-corrected chi connectivity index (χ1v) is 9.74. The van der Waals surface area contributed by atoms with Crippen LogP contribution in [-0.4, -0.2) is 26.9 Å². The van der Waals surface area contributed by atoms with E-state index in [9.17, 15) is 14.7 Å². The summed E-state index contributed by atoms with van der Waals surface area (Å²) in [4.78, 5) is 27.2. The van der Waals surface area contributed by atoms with E-state index >= 15 is 0 Å². The maximum atomic E-state index is 12.3. The number of rotatable bonds is 9. The van der Waals surface area contributed by atoms with Gasteiger partial charge in [-0.15, -0.1) is 0 Å². The molecule has 0 saturated heterocycles. The molecule has 1 aromatic carbocycles. The number of aromatic nitrogens is 1. The molecule has 6 heteroatoms. The van der Waals surface area contributed by atoms with E-state index in [2.05, 4.69) is 11.6 Å². The average Bonchev–Trinajstić information content (AvgIpc) is 3.23. The number of aliphatic hydroxyl groups is 1. The molecule has 3 rings (SSSR count). The van der Waals surface area contributed by atoms with E-state index in [1.165, 1.54) is 0 Å². The zero-order valence-corrected chi connectivity index (χ0v) is 16.2. The second-order valence-corrected chi connectivity index (χ2v) is 7.28. The smallest absolute Gasteiger partial charge is 0.303 e. The van der Waals surface area contributed by atoms with Gasteiger partial charge in [0.2, 0.25) is 5.89 Å². The number of carboxylic acids is 1. The molecule has 1 aromatic heterocycles. The van der Waals surface area contributed by atoms with Crippen LogP contribution in [0, 0.1) is 11.8 Å². The number of hydrogen-bond donors (Lipinski definition) is 2. The van der Waals surface area contributed by atoms with Crippen molar-refractivity contribution < 1.29 is 24.2 Å². The molecule has 0 aliphatic heterocycles. The fourth-order valence-electron chi connectivity index (χ4n) is 3.56. The number of carboxylic acid groups (broad SMARTS) is 1. The quantitative estimate of drug-likeness (QED) is 0.483. The Bertz CT molecular complexity index is 922. The van der Waals surface area contributed by atoms with Crippen molar-refractivity contribution in [2.24, 2.45) is 11.8 Å². The number of hydrogen-bond acceptors (Lipinski definition) is 5. The number of carbonyl (C=O) groups is 2. The number of carbonyl (C=O) groups excluding carboxylic acids is 1. The van der Waals surface area contributed by atoms with Crippen LogP contribution in [0.5, 0.6) is 0 Å². The summed E-state index contributed by atoms with van der Waals surface area (Å²) in [5.41, 5.74) is 2.13. The minimum absolute atomic E-state index is 0.135. The normalized spacial score (nSPS) is 21.0. The maximum absolute atomic E-state index is 12.3. The van der Waals surface area contributed by atoms with Crippen LogP contribution in [0.2, 0.25) is 0 Å². The van der Waals surface area contributed by atoms with Crippen LogP contribution >= 0.6 is 0 Å². The Morgan fingerprint density at radius 2 is 2.14 bits per heavy atom. The third kappa shape index (κ3) is 5.29. The Kier molecular flexibility index (Phi) is 6.77. The number of aliphatic carboxylic acids is 1. The Morgan fingerprint density at radius 3 is 2.90 bits per heavy atom. The monoisotopic (exact) mass is 395 g/mol. The number of fused-ring (bicyclic) bond motifs is 1. The number of benzene rings is 1. The van der Waals surface area contributed by atoms with Crippen LogP contribution in [0.25, 0.3) is 11.1 Å². The number of nitrogens with zero attached hydrogens (tertiary/aromatic N) is 1. The number of ketones is 1. The lowest BCUT2D eigenvalue weighted by molar-refractivity contribution is -0.137. The molecule has 152 valence electrons. The Balaban J connectivity index is 1.62. The summed E-state index contributed by atoms with van der Waals surface area (Å²) in [6.45, 7) is 4.02. The highest BCUT2D eigenvalue weighted by Gasteiger charge is 2.35. The summed E-state index contributed by atoms with van der Waals surface area (Å²) in [5.74, 6) is -0.817. The third-order valence-electron chi connectivity index (χ3n) is 5.10. The highest BCUT2D eigenvalue weighted by Crippen LogP contribution is 2.37. The highest BCUT2D eigenvalue weighted by molar-refractivity contribution is 5.87. The maximum Gasteiger partial charge on any atom is 0.303 e. The Hall–Kier alpha value is -2.99. The van der Waals surface area contributed by atoms with Gasteiger partial charge in [0.05, 0.1) is 0 Å². The molecule has 1 heterocycles. The molecule has 0 unspecified atom stereocenters. The summed E-state index contributed by atoms with van der Waals surface area (Å²) < 4.78 is 5.58. The minimum atomic E-state index is -1.00. The van der Waals surface area contributed by atoms with E-state index in [0.29, 0.717) is 36.8 Å². The standard InChI is InChI=1S/C23H25NO5/c1-15-14-20(26)17(8-4-2-3-5-11-22(27)28)16(15)12-13-19(25)23-24-18-9-6-7-10-21(18)29-23/h2,4,6-7,9-10,12-13,16-17,19,25H,1,3,5,8,11,14H2,(H,27,28)/b4-2-,13-12+/t16-,17+,19+/m0/s1. The molecule has 1 fully saturated rings. The van der Waals surface area contributed by atoms with Gasteiger partial charge in [0, 0.05) is 24.7 Å². The Labute approximate surface area is 169 Å². The van der Waals surface area contributed by atoms with Crippen LogP contribution in [0.3, 0.4) is 0 Å². The molecule has 6 nitrogen and oxygen atoms in total. The molecule has 1 aliphatic rings. The first-order valence-electron chi connectivity index (χ1n) is 9.74. The minimum Gasteiger partial charge on any atom is -0.481 e. The number of para-hydroxylation sites is 2. The van der Waals surface area contributed by atoms with Crippen molar-refractivity contribution in [2.75, 3.05) is 0 Å². The van der Waals surface area contributed by atoms with Crippen LogP contribution < -0.4 is 0 Å². The van der Waals surface area contributed by atoms with Crippen molar-refractivity contribution in [3.63, 3.8) is 0 Å². The van der Waals surface area contributed by atoms with Crippen molar-refractivity contribution in [3.8, 4) is 0 Å². The molecule has 1 aliphatic carbocycles. The Morgan fingerprint density at radius 1 is 1.34 bits per heavy atom. The van der Waals surface area contributed by atoms with Crippen LogP contribution in [-0.2, 0) is 9.59 Å². The fourth-order valence-corrected chi connectivity index (χ4v) is 3.56. The number of Topliss-reactive ketones (excluding diaryl/α,β-unsaturated/α-hetero) is 1. The van der Waals surface area contributed by atoms with Gasteiger partial charge in [-0.2, -0.15) is 0 Å². The lowest BCUT2D eigenvalue weighted by Crippen LogP contribution is -2.13. The number of aliphatic hydroxyl groups excluding tert-OH is 1. The van der Waals surface area contributed by atoms with Crippen LogP contribution in [0.4, 0.5) is 0 Å². The summed E-state index contributed by atoms with van der Waals surface area (Å²) in [6.07, 6.45) is 8.57. The van der Waals surface area contributed by atoms with E-state index < -0.39 is 12.1 Å². The van der Waals surface area contributed by atoms with Gasteiger partial charge in [-0.05, 0) is 31.4 Å². The van der Waals surface area contributed by atoms with Crippen LogP contribution in [0.1, 0.15) is 44.1 Å². The molecule has 0 radical (unpaired) electrons. The lowest BCUT2D eigenvalue weighted by atomic mass is 9.89. The SMILES string of the molecule is C=C1CC(=O)[C@H](C/C=C\CCCC(=O)O)[C@H]1/C=C/[C@@H](O)c1nc2ccccc2o1. The van der Waals surface area contributed by atoms with Gasteiger partial charge in [0.25, 0.3) is 0 Å². The van der Waals surface area contributed by atoms with Crippen molar-refractivity contribution in [2.45, 2.75) is 38.2 Å². The van der Waals surface area contributed by atoms with Gasteiger partial charge in [-0.25, -0.2) is 4.98 Å². The highest BCUT2D eigenvalue weighted by atomic mass is 16.4. The van der Waals surface area contributed by atoms with Crippen molar-refractivity contribution in [1.29, 1.82) is 0 Å². The fraction of sp³-hybridized carbons (Fsp3) is 0.348. The largest absolute Gasteiger partial charge is 0.481 e.